The summed E-state index contributed by atoms with van der Waals surface area (Å²) in [6, 6.07) is 8.26. The fourth-order valence-corrected chi connectivity index (χ4v) is 2.03. The molecule has 2 atom stereocenters. The van der Waals surface area contributed by atoms with Gasteiger partial charge in [0.2, 0.25) is 5.91 Å². The topological polar surface area (TPSA) is 122 Å². The van der Waals surface area contributed by atoms with Crippen LogP contribution in [0.1, 0.15) is 25.8 Å². The molecule has 0 bridgehead atoms. The van der Waals surface area contributed by atoms with Gasteiger partial charge in [-0.25, -0.2) is 0 Å². The summed E-state index contributed by atoms with van der Waals surface area (Å²) >= 11 is 0. The Kier molecular flexibility index (Phi) is 5.87. The minimum absolute atomic E-state index is 0.0519. The number of carbonyl (C=O) groups excluding carboxylic acids is 2. The van der Waals surface area contributed by atoms with E-state index in [0.717, 1.165) is 5.56 Å². The minimum Gasteiger partial charge on any atom is -0.328 e. The first kappa shape index (κ1) is 17.1. The van der Waals surface area contributed by atoms with Gasteiger partial charge >= 0.3 is 0 Å². The minimum atomic E-state index is -1.76. The second-order valence-corrected chi connectivity index (χ2v) is 5.69. The molecule has 1 aromatic carbocycles. The number of hydrogen-bond acceptors (Lipinski definition) is 4. The number of hydrogen-bond donors (Lipinski definition) is 3. The van der Waals surface area contributed by atoms with Gasteiger partial charge in [-0.3, -0.25) is 15.3 Å². The van der Waals surface area contributed by atoms with Gasteiger partial charge in [0.25, 0.3) is 5.91 Å². The van der Waals surface area contributed by atoms with Crippen molar-refractivity contribution in [1.29, 1.82) is 0 Å². The summed E-state index contributed by atoms with van der Waals surface area (Å²) in [4.78, 5) is 23.6. The number of nitrogens with two attached hydrogens (primary N) is 2. The summed E-state index contributed by atoms with van der Waals surface area (Å²) in [5.74, 6) is -1.31. The van der Waals surface area contributed by atoms with Gasteiger partial charge in [-0.05, 0) is 17.9 Å². The Hall–Kier alpha value is -1.92. The van der Waals surface area contributed by atoms with Crippen molar-refractivity contribution >= 4 is 11.8 Å². The van der Waals surface area contributed by atoms with Gasteiger partial charge in [-0.2, -0.15) is 0 Å². The molecule has 0 aliphatic rings. The molecule has 21 heavy (non-hydrogen) atoms. The molecule has 6 nitrogen and oxygen atoms in total. The Morgan fingerprint density at radius 2 is 1.86 bits per heavy atom. The zero-order valence-electron chi connectivity index (χ0n) is 12.4. The molecule has 2 unspecified atom stereocenters. The maximum atomic E-state index is 12.0. The maximum absolute atomic E-state index is 12.0. The first-order valence-corrected chi connectivity index (χ1v) is 6.91. The highest BCUT2D eigenvalue weighted by Gasteiger charge is 2.35. The molecule has 0 saturated carbocycles. The quantitative estimate of drug-likeness (QED) is 0.620. The van der Waals surface area contributed by atoms with E-state index >= 15 is 0 Å². The predicted molar refractivity (Wildman–Crippen MR) is 80.7 cm³/mol. The van der Waals surface area contributed by atoms with Crippen LogP contribution in [0.5, 0.6) is 0 Å². The number of rotatable bonds is 7. The van der Waals surface area contributed by atoms with Crippen LogP contribution in [0.3, 0.4) is 0 Å². The number of amides is 2. The monoisotopic (exact) mass is 291 g/mol. The van der Waals surface area contributed by atoms with Gasteiger partial charge in [0.15, 0.2) is 5.66 Å². The van der Waals surface area contributed by atoms with E-state index in [1.165, 1.54) is 0 Å². The molecule has 0 aromatic heterocycles. The van der Waals surface area contributed by atoms with E-state index in [1.54, 1.807) is 24.3 Å². The highest BCUT2D eigenvalue weighted by molar-refractivity contribution is 5.91. The summed E-state index contributed by atoms with van der Waals surface area (Å²) in [6.07, 6.45) is 0.537. The molecule has 0 aliphatic heterocycles. The van der Waals surface area contributed by atoms with Crippen LogP contribution < -0.4 is 22.5 Å². The van der Waals surface area contributed by atoms with E-state index in [4.69, 9.17) is 17.2 Å². The second-order valence-electron chi connectivity index (χ2n) is 5.69. The van der Waals surface area contributed by atoms with E-state index in [9.17, 15) is 9.59 Å². The molecule has 0 fully saturated rings. The van der Waals surface area contributed by atoms with Crippen molar-refractivity contribution in [2.75, 3.05) is 0 Å². The largest absolute Gasteiger partial charge is 0.328 e. The SMILES string of the molecule is CC(C)CC(N)C(=O)NC(N)(Cc1ccccc1)C([NH])=O. The highest BCUT2D eigenvalue weighted by atomic mass is 16.2. The fraction of sp³-hybridized carbons (Fsp3) is 0.467. The summed E-state index contributed by atoms with van der Waals surface area (Å²) in [7, 11) is 0. The number of nitrogens with one attached hydrogen (secondary N) is 2. The van der Waals surface area contributed by atoms with Crippen molar-refractivity contribution < 1.29 is 9.59 Å². The molecule has 1 radical (unpaired) electrons. The van der Waals surface area contributed by atoms with Crippen molar-refractivity contribution in [2.45, 2.75) is 38.4 Å². The van der Waals surface area contributed by atoms with Gasteiger partial charge < -0.3 is 16.8 Å². The fourth-order valence-electron chi connectivity index (χ4n) is 2.03. The van der Waals surface area contributed by atoms with Gasteiger partial charge in [-0.1, -0.05) is 44.2 Å². The predicted octanol–water partition coefficient (Wildman–Crippen LogP) is 0.183. The number of benzene rings is 1. The summed E-state index contributed by atoms with van der Waals surface area (Å²) < 4.78 is 0. The third-order valence-electron chi connectivity index (χ3n) is 3.14. The second kappa shape index (κ2) is 7.19. The Balaban J connectivity index is 2.81. The molecule has 2 amide bonds. The lowest BCUT2D eigenvalue weighted by molar-refractivity contribution is -0.132. The van der Waals surface area contributed by atoms with Crippen molar-refractivity contribution in [3.63, 3.8) is 0 Å². The average Bonchev–Trinajstić information content (AvgIpc) is 2.38. The van der Waals surface area contributed by atoms with Crippen LogP contribution in [0.25, 0.3) is 0 Å². The van der Waals surface area contributed by atoms with Crippen molar-refractivity contribution in [2.24, 2.45) is 17.4 Å². The lowest BCUT2D eigenvalue weighted by Gasteiger charge is -2.28. The molecule has 0 spiro atoms. The van der Waals surface area contributed by atoms with Crippen LogP contribution in [-0.2, 0) is 16.0 Å². The highest BCUT2D eigenvalue weighted by Crippen LogP contribution is 2.10. The Labute approximate surface area is 125 Å². The van der Waals surface area contributed by atoms with E-state index in [0.29, 0.717) is 6.42 Å². The standard InChI is InChI=1S/C15H23N4O2/c1-10(2)8-12(16)13(20)19-15(18,14(17)21)9-11-6-4-3-5-7-11/h3-7,10,12,17H,8-9,16,18H2,1-2H3,(H,19,20). The van der Waals surface area contributed by atoms with E-state index in [2.05, 4.69) is 5.32 Å². The molecule has 6 N–H and O–H groups in total. The third kappa shape index (κ3) is 5.17. The van der Waals surface area contributed by atoms with Crippen LogP contribution >= 0.6 is 0 Å². The van der Waals surface area contributed by atoms with Gasteiger partial charge in [-0.15, -0.1) is 0 Å². The zero-order chi connectivity index (χ0) is 16.0. The third-order valence-corrected chi connectivity index (χ3v) is 3.14. The Morgan fingerprint density at radius 1 is 1.29 bits per heavy atom. The molecule has 1 rings (SSSR count). The first-order valence-electron chi connectivity index (χ1n) is 6.91. The normalized spacial score (nSPS) is 15.3. The van der Waals surface area contributed by atoms with Gasteiger partial charge in [0.1, 0.15) is 0 Å². The molecular formula is C15H23N4O2. The number of carbonyl (C=O) groups is 2. The smallest absolute Gasteiger partial charge is 0.279 e. The van der Waals surface area contributed by atoms with Crippen LogP contribution in [0.15, 0.2) is 30.3 Å². The van der Waals surface area contributed by atoms with Gasteiger partial charge in [0, 0.05) is 6.42 Å². The van der Waals surface area contributed by atoms with Crippen LogP contribution in [0.4, 0.5) is 0 Å². The molecule has 1 aromatic rings. The summed E-state index contributed by atoms with van der Waals surface area (Å²) in [6.45, 7) is 3.89. The molecule has 0 aliphatic carbocycles. The average molecular weight is 291 g/mol. The molecule has 0 heterocycles. The lowest BCUT2D eigenvalue weighted by atomic mass is 9.98. The van der Waals surface area contributed by atoms with Crippen LogP contribution in [0.2, 0.25) is 0 Å². The summed E-state index contributed by atoms with van der Waals surface area (Å²) in [5, 5.41) is 2.42. The first-order chi connectivity index (χ1) is 9.74. The molecule has 6 heteroatoms. The van der Waals surface area contributed by atoms with Crippen LogP contribution in [0, 0.1) is 5.92 Å². The van der Waals surface area contributed by atoms with Crippen LogP contribution in [-0.4, -0.2) is 23.5 Å². The lowest BCUT2D eigenvalue weighted by Crippen LogP contribution is -2.65. The Morgan fingerprint density at radius 3 is 2.33 bits per heavy atom. The van der Waals surface area contributed by atoms with Crippen molar-refractivity contribution in [3.05, 3.63) is 35.9 Å². The van der Waals surface area contributed by atoms with Crippen molar-refractivity contribution in [3.8, 4) is 0 Å². The van der Waals surface area contributed by atoms with Gasteiger partial charge in [0.05, 0.1) is 6.04 Å². The molecule has 115 valence electrons. The Bertz CT molecular complexity index is 490. The maximum Gasteiger partial charge on any atom is 0.279 e. The van der Waals surface area contributed by atoms with E-state index < -0.39 is 23.5 Å². The molecular weight excluding hydrogens is 268 g/mol. The zero-order valence-corrected chi connectivity index (χ0v) is 12.4. The molecule has 0 saturated heterocycles. The summed E-state index contributed by atoms with van der Waals surface area (Å²) in [5.41, 5.74) is 18.0. The van der Waals surface area contributed by atoms with E-state index in [1.807, 2.05) is 19.9 Å². The van der Waals surface area contributed by atoms with E-state index in [-0.39, 0.29) is 12.3 Å². The van der Waals surface area contributed by atoms with Crippen molar-refractivity contribution in [1.82, 2.24) is 11.1 Å².